The molecule has 0 aliphatic rings. The molecule has 0 aliphatic carbocycles. The van der Waals surface area contributed by atoms with E-state index in [0.29, 0.717) is 0 Å². The number of nitrogens with zero attached hydrogens (tertiary/aromatic N) is 2. The summed E-state index contributed by atoms with van der Waals surface area (Å²) in [6.45, 7) is 3.00. The smallest absolute Gasteiger partial charge is 0.126 e. The van der Waals surface area contributed by atoms with Crippen LogP contribution in [0.15, 0.2) is 18.2 Å². The summed E-state index contributed by atoms with van der Waals surface area (Å²) in [5.41, 5.74) is 8.34. The lowest BCUT2D eigenvalue weighted by Gasteiger charge is -2.12. The van der Waals surface area contributed by atoms with Crippen molar-refractivity contribution in [2.24, 2.45) is 5.73 Å². The standard InChI is InChI=1S/C14H21N3OS/c1-4-17-13-6-5-10(18-2)9-12(13)16-14(17)11(15)7-8-19-3/h5-6,9,11H,4,7-8,15H2,1-3H3. The van der Waals surface area contributed by atoms with Gasteiger partial charge in [-0.05, 0) is 37.5 Å². The van der Waals surface area contributed by atoms with E-state index in [1.165, 1.54) is 0 Å². The zero-order chi connectivity index (χ0) is 13.8. The third-order valence-corrected chi connectivity index (χ3v) is 3.91. The summed E-state index contributed by atoms with van der Waals surface area (Å²) < 4.78 is 7.44. The molecule has 1 unspecified atom stereocenters. The fourth-order valence-electron chi connectivity index (χ4n) is 2.24. The number of aryl methyl sites for hydroxylation is 1. The fraction of sp³-hybridized carbons (Fsp3) is 0.500. The molecule has 0 saturated heterocycles. The molecule has 19 heavy (non-hydrogen) atoms. The first-order chi connectivity index (χ1) is 9.21. The Hall–Kier alpha value is -1.20. The number of imidazole rings is 1. The van der Waals surface area contributed by atoms with Crippen molar-refractivity contribution in [3.63, 3.8) is 0 Å². The molecule has 1 heterocycles. The van der Waals surface area contributed by atoms with Crippen molar-refractivity contribution in [1.82, 2.24) is 9.55 Å². The predicted molar refractivity (Wildman–Crippen MR) is 81.9 cm³/mol. The topological polar surface area (TPSA) is 53.1 Å². The molecule has 4 nitrogen and oxygen atoms in total. The van der Waals surface area contributed by atoms with Crippen molar-refractivity contribution in [2.45, 2.75) is 25.9 Å². The minimum absolute atomic E-state index is 0.00852. The largest absolute Gasteiger partial charge is 0.497 e. The van der Waals surface area contributed by atoms with Gasteiger partial charge in [0, 0.05) is 12.6 Å². The number of hydrogen-bond acceptors (Lipinski definition) is 4. The Morgan fingerprint density at radius 3 is 2.89 bits per heavy atom. The van der Waals surface area contributed by atoms with Crippen LogP contribution in [-0.4, -0.2) is 28.7 Å². The molecule has 1 aromatic carbocycles. The van der Waals surface area contributed by atoms with E-state index in [1.54, 1.807) is 7.11 Å². The first kappa shape index (κ1) is 14.2. The third-order valence-electron chi connectivity index (χ3n) is 3.27. The molecule has 5 heteroatoms. The van der Waals surface area contributed by atoms with Gasteiger partial charge < -0.3 is 15.0 Å². The molecular weight excluding hydrogens is 258 g/mol. The van der Waals surface area contributed by atoms with E-state index in [0.717, 1.165) is 41.3 Å². The molecule has 2 aromatic rings. The van der Waals surface area contributed by atoms with E-state index < -0.39 is 0 Å². The van der Waals surface area contributed by atoms with Gasteiger partial charge in [0.2, 0.25) is 0 Å². The van der Waals surface area contributed by atoms with Crippen LogP contribution in [0.2, 0.25) is 0 Å². The number of aromatic nitrogens is 2. The van der Waals surface area contributed by atoms with Crippen LogP contribution < -0.4 is 10.5 Å². The lowest BCUT2D eigenvalue weighted by Crippen LogP contribution is -2.17. The highest BCUT2D eigenvalue weighted by molar-refractivity contribution is 7.98. The molecular formula is C14H21N3OS. The highest BCUT2D eigenvalue weighted by atomic mass is 32.2. The molecule has 0 saturated carbocycles. The highest BCUT2D eigenvalue weighted by Crippen LogP contribution is 2.25. The maximum Gasteiger partial charge on any atom is 0.126 e. The Morgan fingerprint density at radius 1 is 1.47 bits per heavy atom. The average Bonchev–Trinajstić information content (AvgIpc) is 2.81. The summed E-state index contributed by atoms with van der Waals surface area (Å²) >= 11 is 1.81. The molecule has 2 rings (SSSR count). The average molecular weight is 279 g/mol. The van der Waals surface area contributed by atoms with E-state index in [2.05, 4.69) is 23.8 Å². The van der Waals surface area contributed by atoms with Gasteiger partial charge in [-0.25, -0.2) is 4.98 Å². The van der Waals surface area contributed by atoms with Crippen LogP contribution in [0, 0.1) is 0 Å². The maximum absolute atomic E-state index is 6.26. The van der Waals surface area contributed by atoms with Crippen LogP contribution in [-0.2, 0) is 6.54 Å². The minimum Gasteiger partial charge on any atom is -0.497 e. The van der Waals surface area contributed by atoms with Gasteiger partial charge in [0.1, 0.15) is 11.6 Å². The van der Waals surface area contributed by atoms with Gasteiger partial charge in [-0.2, -0.15) is 11.8 Å². The summed E-state index contributed by atoms with van der Waals surface area (Å²) in [6.07, 6.45) is 3.04. The van der Waals surface area contributed by atoms with Crippen LogP contribution in [0.25, 0.3) is 11.0 Å². The molecule has 0 radical (unpaired) electrons. The number of rotatable bonds is 6. The Morgan fingerprint density at radius 2 is 2.26 bits per heavy atom. The summed E-state index contributed by atoms with van der Waals surface area (Å²) in [4.78, 5) is 4.69. The summed E-state index contributed by atoms with van der Waals surface area (Å²) in [5, 5.41) is 0. The normalized spacial score (nSPS) is 12.8. The number of ether oxygens (including phenoxy) is 1. The third kappa shape index (κ3) is 2.87. The highest BCUT2D eigenvalue weighted by Gasteiger charge is 2.16. The van der Waals surface area contributed by atoms with Gasteiger partial charge in [-0.3, -0.25) is 0 Å². The molecule has 104 valence electrons. The Bertz CT molecular complexity index is 553. The molecule has 1 atom stereocenters. The van der Waals surface area contributed by atoms with Gasteiger partial charge in [0.05, 0.1) is 24.2 Å². The molecule has 0 aliphatic heterocycles. The number of benzene rings is 1. The van der Waals surface area contributed by atoms with Gasteiger partial charge in [0.15, 0.2) is 0 Å². The van der Waals surface area contributed by atoms with E-state index in [1.807, 2.05) is 23.9 Å². The monoisotopic (exact) mass is 279 g/mol. The second-order valence-corrected chi connectivity index (χ2v) is 5.44. The Balaban J connectivity index is 2.42. The van der Waals surface area contributed by atoms with Crippen LogP contribution >= 0.6 is 11.8 Å². The van der Waals surface area contributed by atoms with Crippen molar-refractivity contribution in [3.05, 3.63) is 24.0 Å². The van der Waals surface area contributed by atoms with Crippen LogP contribution in [0.4, 0.5) is 0 Å². The van der Waals surface area contributed by atoms with Crippen molar-refractivity contribution in [2.75, 3.05) is 19.1 Å². The lowest BCUT2D eigenvalue weighted by molar-refractivity contribution is 0.415. The zero-order valence-electron chi connectivity index (χ0n) is 11.7. The zero-order valence-corrected chi connectivity index (χ0v) is 12.5. The Labute approximate surface area is 118 Å². The second-order valence-electron chi connectivity index (χ2n) is 4.46. The van der Waals surface area contributed by atoms with Crippen molar-refractivity contribution in [3.8, 4) is 5.75 Å². The fourth-order valence-corrected chi connectivity index (χ4v) is 2.73. The van der Waals surface area contributed by atoms with E-state index in [-0.39, 0.29) is 6.04 Å². The molecule has 0 amide bonds. The predicted octanol–water partition coefficient (Wildman–Crippen LogP) is 2.82. The van der Waals surface area contributed by atoms with Crippen LogP contribution in [0.3, 0.4) is 0 Å². The van der Waals surface area contributed by atoms with Gasteiger partial charge in [0.25, 0.3) is 0 Å². The quantitative estimate of drug-likeness (QED) is 0.883. The van der Waals surface area contributed by atoms with Crippen molar-refractivity contribution in [1.29, 1.82) is 0 Å². The van der Waals surface area contributed by atoms with Gasteiger partial charge in [-0.1, -0.05) is 0 Å². The Kier molecular flexibility index (Phi) is 4.71. The molecule has 0 fully saturated rings. The number of thioether (sulfide) groups is 1. The number of nitrogens with two attached hydrogens (primary N) is 1. The number of hydrogen-bond donors (Lipinski definition) is 1. The first-order valence-electron chi connectivity index (χ1n) is 6.50. The second kappa shape index (κ2) is 6.30. The van der Waals surface area contributed by atoms with Crippen LogP contribution in [0.1, 0.15) is 25.2 Å². The summed E-state index contributed by atoms with van der Waals surface area (Å²) in [6, 6.07) is 5.97. The van der Waals surface area contributed by atoms with Crippen molar-refractivity contribution < 1.29 is 4.74 Å². The molecule has 2 N–H and O–H groups in total. The number of fused-ring (bicyclic) bond motifs is 1. The van der Waals surface area contributed by atoms with E-state index in [4.69, 9.17) is 15.5 Å². The van der Waals surface area contributed by atoms with Crippen molar-refractivity contribution >= 4 is 22.8 Å². The van der Waals surface area contributed by atoms with Gasteiger partial charge in [-0.15, -0.1) is 0 Å². The maximum atomic E-state index is 6.26. The minimum atomic E-state index is -0.00852. The van der Waals surface area contributed by atoms with Gasteiger partial charge >= 0.3 is 0 Å². The molecule has 0 spiro atoms. The first-order valence-corrected chi connectivity index (χ1v) is 7.89. The summed E-state index contributed by atoms with van der Waals surface area (Å²) in [5.74, 6) is 2.86. The molecule has 1 aromatic heterocycles. The SMILES string of the molecule is CCn1c(C(N)CCSC)nc2cc(OC)ccc21. The van der Waals surface area contributed by atoms with E-state index >= 15 is 0 Å². The summed E-state index contributed by atoms with van der Waals surface area (Å²) in [7, 11) is 1.67. The molecule has 0 bridgehead atoms. The van der Waals surface area contributed by atoms with Crippen LogP contribution in [0.5, 0.6) is 5.75 Å². The number of methoxy groups -OCH3 is 1. The van der Waals surface area contributed by atoms with E-state index in [9.17, 15) is 0 Å². The lowest BCUT2D eigenvalue weighted by atomic mass is 10.2.